The molecule has 8 nitrogen and oxygen atoms in total. The molecule has 1 aliphatic heterocycles. The van der Waals surface area contributed by atoms with Crippen LogP contribution in [0.25, 0.3) is 0 Å². The highest BCUT2D eigenvalue weighted by atomic mass is 32.3. The van der Waals surface area contributed by atoms with Crippen molar-refractivity contribution in [2.75, 3.05) is 11.1 Å². The van der Waals surface area contributed by atoms with Crippen molar-refractivity contribution in [1.82, 2.24) is 9.78 Å². The summed E-state index contributed by atoms with van der Waals surface area (Å²) < 4.78 is 21.7. The van der Waals surface area contributed by atoms with E-state index in [1.165, 1.54) is 0 Å². The van der Waals surface area contributed by atoms with E-state index in [4.69, 9.17) is 11.0 Å². The summed E-state index contributed by atoms with van der Waals surface area (Å²) in [6, 6.07) is 7.40. The number of anilines is 2. The summed E-state index contributed by atoms with van der Waals surface area (Å²) in [4.78, 5) is 12.4. The zero-order valence-electron chi connectivity index (χ0n) is 14.6. The first-order valence-electron chi connectivity index (χ1n) is 8.81. The van der Waals surface area contributed by atoms with Gasteiger partial charge >= 0.3 is 0 Å². The molecule has 4 rings (SSSR count). The van der Waals surface area contributed by atoms with E-state index in [1.807, 2.05) is 6.07 Å². The maximum Gasteiger partial charge on any atom is 0.254 e. The quantitative estimate of drug-likeness (QED) is 0.600. The van der Waals surface area contributed by atoms with Gasteiger partial charge in [-0.1, -0.05) is 0 Å². The molecule has 27 heavy (non-hydrogen) atoms. The topological polar surface area (TPSA) is 137 Å². The first-order valence-corrected chi connectivity index (χ1v) is 10.5. The van der Waals surface area contributed by atoms with Crippen LogP contribution in [0.2, 0.25) is 0 Å². The largest absolute Gasteiger partial charge is 0.365 e. The number of benzene rings is 1. The summed E-state index contributed by atoms with van der Waals surface area (Å²) in [6.45, 7) is 0. The van der Waals surface area contributed by atoms with Gasteiger partial charge in [-0.05, 0) is 48.9 Å². The van der Waals surface area contributed by atoms with E-state index in [1.54, 1.807) is 23.0 Å². The second-order valence-corrected chi connectivity index (χ2v) is 9.25. The minimum atomic E-state index is -2.69. The van der Waals surface area contributed by atoms with Crippen molar-refractivity contribution >= 4 is 28.0 Å². The summed E-state index contributed by atoms with van der Waals surface area (Å²) in [5.41, 5.74) is 7.35. The van der Waals surface area contributed by atoms with E-state index in [0.717, 1.165) is 18.4 Å². The van der Waals surface area contributed by atoms with Crippen LogP contribution in [-0.2, 0) is 6.42 Å². The number of nitrogens with two attached hydrogens (primary N) is 1. The first kappa shape index (κ1) is 17.9. The highest BCUT2D eigenvalue weighted by Crippen LogP contribution is 2.55. The van der Waals surface area contributed by atoms with E-state index >= 15 is 0 Å². The second kappa shape index (κ2) is 6.56. The SMILES string of the molecule is N#CCC(C1CC1)n1cc(C(N)=O)c(Nc2ccc3c(c2)CCS3(O)O)n1. The number of nitriles is 1. The maximum absolute atomic E-state index is 11.9. The van der Waals surface area contributed by atoms with Gasteiger partial charge in [0.25, 0.3) is 5.91 Å². The molecule has 2 heterocycles. The monoisotopic (exact) mass is 387 g/mol. The second-order valence-electron chi connectivity index (χ2n) is 7.07. The lowest BCUT2D eigenvalue weighted by atomic mass is 10.1. The van der Waals surface area contributed by atoms with Crippen LogP contribution < -0.4 is 11.1 Å². The van der Waals surface area contributed by atoms with Crippen LogP contribution in [0.4, 0.5) is 11.5 Å². The van der Waals surface area contributed by atoms with Crippen LogP contribution in [0.3, 0.4) is 0 Å². The number of aryl methyl sites for hydroxylation is 1. The maximum atomic E-state index is 11.9. The molecule has 5 N–H and O–H groups in total. The Labute approximate surface area is 158 Å². The van der Waals surface area contributed by atoms with Crippen molar-refractivity contribution in [3.63, 3.8) is 0 Å². The summed E-state index contributed by atoms with van der Waals surface area (Å²) in [7, 11) is -2.69. The van der Waals surface area contributed by atoms with Gasteiger partial charge in [0.05, 0.1) is 23.4 Å². The Balaban J connectivity index is 1.64. The lowest BCUT2D eigenvalue weighted by Gasteiger charge is -2.27. The summed E-state index contributed by atoms with van der Waals surface area (Å²) in [6.07, 6.45) is 4.64. The van der Waals surface area contributed by atoms with E-state index in [2.05, 4.69) is 16.5 Å². The minimum Gasteiger partial charge on any atom is -0.365 e. The Kier molecular flexibility index (Phi) is 4.34. The lowest BCUT2D eigenvalue weighted by Crippen LogP contribution is -2.12. The molecule has 142 valence electrons. The molecule has 1 aliphatic carbocycles. The molecule has 2 aliphatic rings. The molecular weight excluding hydrogens is 366 g/mol. The first-order chi connectivity index (χ1) is 12.9. The number of primary amides is 1. The molecule has 1 fully saturated rings. The molecule has 0 bridgehead atoms. The number of rotatable bonds is 6. The number of nitrogens with one attached hydrogen (secondary N) is 1. The average Bonchev–Trinajstić information content (AvgIpc) is 3.30. The van der Waals surface area contributed by atoms with Crippen molar-refractivity contribution in [2.45, 2.75) is 36.6 Å². The molecular formula is C18H21N5O3S. The van der Waals surface area contributed by atoms with Gasteiger partial charge in [-0.15, -0.1) is 0 Å². The number of carbonyl (C=O) groups excluding carboxylic acids is 1. The summed E-state index contributed by atoms with van der Waals surface area (Å²) in [5, 5.41) is 16.7. The number of carbonyl (C=O) groups is 1. The predicted molar refractivity (Wildman–Crippen MR) is 102 cm³/mol. The van der Waals surface area contributed by atoms with Gasteiger partial charge in [0.2, 0.25) is 0 Å². The van der Waals surface area contributed by atoms with Gasteiger partial charge in [0, 0.05) is 17.6 Å². The highest BCUT2D eigenvalue weighted by Gasteiger charge is 2.34. The normalized spacial score (nSPS) is 19.7. The smallest absolute Gasteiger partial charge is 0.254 e. The zero-order chi connectivity index (χ0) is 19.2. The Hall–Kier alpha value is -2.54. The van der Waals surface area contributed by atoms with Crippen LogP contribution in [-0.4, -0.2) is 30.5 Å². The van der Waals surface area contributed by atoms with Crippen molar-refractivity contribution in [1.29, 1.82) is 5.26 Å². The van der Waals surface area contributed by atoms with Gasteiger partial charge in [-0.25, -0.2) is 0 Å². The van der Waals surface area contributed by atoms with Crippen molar-refractivity contribution in [3.8, 4) is 6.07 Å². The van der Waals surface area contributed by atoms with Gasteiger partial charge < -0.3 is 11.1 Å². The van der Waals surface area contributed by atoms with E-state index < -0.39 is 16.5 Å². The predicted octanol–water partition coefficient (Wildman–Crippen LogP) is 3.26. The van der Waals surface area contributed by atoms with Crippen molar-refractivity contribution in [3.05, 3.63) is 35.5 Å². The molecule has 1 amide bonds. The standard InChI is InChI=1S/C18H21N5O3S/c19-7-5-15(11-1-2-11)23-10-14(17(20)24)18(22-23)21-13-3-4-16-12(9-13)6-8-27(16,25)26/h3-4,9-11,15,25-26H,1-2,5-6,8H2,(H2,20,24)(H,21,22). The number of nitrogens with zero attached hydrogens (tertiary/aromatic N) is 3. The van der Waals surface area contributed by atoms with Crippen LogP contribution in [0.1, 0.15) is 41.2 Å². The number of hydrogen-bond acceptors (Lipinski definition) is 6. The molecule has 0 radical (unpaired) electrons. The highest BCUT2D eigenvalue weighted by molar-refractivity contribution is 8.24. The Bertz CT molecular complexity index is 945. The Morgan fingerprint density at radius 2 is 2.26 bits per heavy atom. The van der Waals surface area contributed by atoms with E-state index in [9.17, 15) is 13.9 Å². The molecule has 1 atom stereocenters. The van der Waals surface area contributed by atoms with Gasteiger partial charge in [-0.3, -0.25) is 18.6 Å². The fourth-order valence-corrected chi connectivity index (χ4v) is 5.15. The number of hydrogen-bond donors (Lipinski definition) is 4. The lowest BCUT2D eigenvalue weighted by molar-refractivity contribution is 0.100. The number of amides is 1. The summed E-state index contributed by atoms with van der Waals surface area (Å²) >= 11 is 0. The van der Waals surface area contributed by atoms with Crippen molar-refractivity contribution in [2.24, 2.45) is 11.7 Å². The molecule has 1 aromatic heterocycles. The minimum absolute atomic E-state index is 0.0586. The van der Waals surface area contributed by atoms with Gasteiger partial charge in [0.1, 0.15) is 5.56 Å². The third kappa shape index (κ3) is 3.39. The molecule has 9 heteroatoms. The van der Waals surface area contributed by atoms with Gasteiger partial charge in [0.15, 0.2) is 5.82 Å². The van der Waals surface area contributed by atoms with Crippen LogP contribution >= 0.6 is 10.6 Å². The van der Waals surface area contributed by atoms with Crippen LogP contribution in [0, 0.1) is 17.2 Å². The van der Waals surface area contributed by atoms with Crippen LogP contribution in [0.15, 0.2) is 29.3 Å². The van der Waals surface area contributed by atoms with Crippen molar-refractivity contribution < 1.29 is 13.9 Å². The fourth-order valence-electron chi connectivity index (χ4n) is 3.56. The molecule has 0 spiro atoms. The fraction of sp³-hybridized carbons (Fsp3) is 0.389. The Morgan fingerprint density at radius 3 is 2.93 bits per heavy atom. The number of aromatic nitrogens is 2. The van der Waals surface area contributed by atoms with Crippen LogP contribution in [0.5, 0.6) is 0 Å². The van der Waals surface area contributed by atoms with Gasteiger partial charge in [-0.2, -0.15) is 21.0 Å². The zero-order valence-corrected chi connectivity index (χ0v) is 15.4. The summed E-state index contributed by atoms with van der Waals surface area (Å²) in [5.74, 6) is 0.494. The van der Waals surface area contributed by atoms with E-state index in [-0.39, 0.29) is 11.6 Å². The number of fused-ring (bicyclic) bond motifs is 1. The average molecular weight is 387 g/mol. The molecule has 1 saturated carbocycles. The molecule has 0 saturated heterocycles. The Morgan fingerprint density at radius 1 is 1.48 bits per heavy atom. The third-order valence-corrected chi connectivity index (χ3v) is 7.01. The molecule has 2 aromatic rings. The third-order valence-electron chi connectivity index (χ3n) is 5.14. The molecule has 1 aromatic carbocycles. The molecule has 1 unspecified atom stereocenters. The van der Waals surface area contributed by atoms with E-state index in [0.29, 0.717) is 40.9 Å².